The lowest BCUT2D eigenvalue weighted by molar-refractivity contribution is 0.165. The minimum Gasteiger partial charge on any atom is -0.320 e. The van der Waals surface area contributed by atoms with Gasteiger partial charge in [-0.3, -0.25) is 4.68 Å². The number of urea groups is 1. The van der Waals surface area contributed by atoms with Gasteiger partial charge in [-0.05, 0) is 32.9 Å². The van der Waals surface area contributed by atoms with Crippen LogP contribution in [0.15, 0.2) is 12.4 Å². The third-order valence-corrected chi connectivity index (χ3v) is 4.26. The van der Waals surface area contributed by atoms with Crippen LogP contribution in [0.3, 0.4) is 0 Å². The minimum atomic E-state index is 0.196. The van der Waals surface area contributed by atoms with E-state index in [2.05, 4.69) is 22.2 Å². The van der Waals surface area contributed by atoms with E-state index in [1.165, 1.54) is 0 Å². The maximum Gasteiger partial charge on any atom is 0.320 e. The van der Waals surface area contributed by atoms with Crippen molar-refractivity contribution in [3.05, 3.63) is 18.0 Å². The molecule has 0 spiro atoms. The molecule has 0 aliphatic carbocycles. The van der Waals surface area contributed by atoms with Gasteiger partial charge in [-0.2, -0.15) is 5.10 Å². The van der Waals surface area contributed by atoms with Crippen LogP contribution in [-0.4, -0.2) is 57.8 Å². The zero-order chi connectivity index (χ0) is 13.9. The van der Waals surface area contributed by atoms with Gasteiger partial charge in [0.1, 0.15) is 0 Å². The highest BCUT2D eigenvalue weighted by Gasteiger charge is 2.34. The van der Waals surface area contributed by atoms with Gasteiger partial charge in [0, 0.05) is 37.4 Å². The normalized spacial score (nSPS) is 20.9. The van der Waals surface area contributed by atoms with E-state index in [0.29, 0.717) is 12.6 Å². The molecule has 6 heteroatoms. The van der Waals surface area contributed by atoms with Gasteiger partial charge >= 0.3 is 6.03 Å². The number of nitrogens with zero attached hydrogens (tertiary/aromatic N) is 4. The lowest BCUT2D eigenvalue weighted by Crippen LogP contribution is -2.45. The van der Waals surface area contributed by atoms with Gasteiger partial charge in [0.25, 0.3) is 0 Å². The number of carbonyl (C=O) groups is 1. The zero-order valence-electron chi connectivity index (χ0n) is 12.1. The highest BCUT2D eigenvalue weighted by atomic mass is 16.2. The number of hydrogen-bond donors (Lipinski definition) is 1. The number of aromatic nitrogens is 2. The quantitative estimate of drug-likeness (QED) is 0.889. The van der Waals surface area contributed by atoms with Crippen molar-refractivity contribution in [2.24, 2.45) is 0 Å². The Morgan fingerprint density at radius 1 is 1.35 bits per heavy atom. The first-order chi connectivity index (χ1) is 9.78. The van der Waals surface area contributed by atoms with Gasteiger partial charge in [-0.1, -0.05) is 0 Å². The molecule has 3 heterocycles. The molecule has 20 heavy (non-hydrogen) atoms. The summed E-state index contributed by atoms with van der Waals surface area (Å²) >= 11 is 0. The van der Waals surface area contributed by atoms with E-state index >= 15 is 0 Å². The Hall–Kier alpha value is -1.56. The fourth-order valence-corrected chi connectivity index (χ4v) is 3.09. The third kappa shape index (κ3) is 2.65. The van der Waals surface area contributed by atoms with Crippen molar-refractivity contribution >= 4 is 6.03 Å². The van der Waals surface area contributed by atoms with Gasteiger partial charge in [0.05, 0.1) is 12.7 Å². The Morgan fingerprint density at radius 3 is 2.85 bits per heavy atom. The van der Waals surface area contributed by atoms with E-state index in [-0.39, 0.29) is 6.03 Å². The van der Waals surface area contributed by atoms with E-state index in [4.69, 9.17) is 0 Å². The van der Waals surface area contributed by atoms with Crippen molar-refractivity contribution in [1.82, 2.24) is 24.9 Å². The Morgan fingerprint density at radius 2 is 2.15 bits per heavy atom. The molecule has 110 valence electrons. The summed E-state index contributed by atoms with van der Waals surface area (Å²) in [5.74, 6) is 0. The Bertz CT molecular complexity index is 466. The van der Waals surface area contributed by atoms with Gasteiger partial charge < -0.3 is 15.1 Å². The zero-order valence-corrected chi connectivity index (χ0v) is 12.1. The Balaban J connectivity index is 1.60. The van der Waals surface area contributed by atoms with Gasteiger partial charge in [0.15, 0.2) is 0 Å². The molecule has 0 aromatic carbocycles. The summed E-state index contributed by atoms with van der Waals surface area (Å²) < 4.78 is 1.90. The summed E-state index contributed by atoms with van der Waals surface area (Å²) in [5.41, 5.74) is 1.12. The van der Waals surface area contributed by atoms with Crippen LogP contribution >= 0.6 is 0 Å². The van der Waals surface area contributed by atoms with E-state index in [1.54, 1.807) is 0 Å². The summed E-state index contributed by atoms with van der Waals surface area (Å²) in [4.78, 5) is 16.5. The van der Waals surface area contributed by atoms with Crippen molar-refractivity contribution in [3.63, 3.8) is 0 Å². The second-order valence-electron chi connectivity index (χ2n) is 5.58. The lowest BCUT2D eigenvalue weighted by Gasteiger charge is -2.31. The largest absolute Gasteiger partial charge is 0.320 e. The fourth-order valence-electron chi connectivity index (χ4n) is 3.09. The highest BCUT2D eigenvalue weighted by Crippen LogP contribution is 2.20. The van der Waals surface area contributed by atoms with Crippen molar-refractivity contribution in [2.75, 3.05) is 26.2 Å². The van der Waals surface area contributed by atoms with Crippen LogP contribution in [0.2, 0.25) is 0 Å². The SMILES string of the molecule is CCn1cc(CN2CCN(C3CCNCC3)C2=O)cn1. The van der Waals surface area contributed by atoms with Crippen molar-refractivity contribution in [3.8, 4) is 0 Å². The van der Waals surface area contributed by atoms with Crippen LogP contribution < -0.4 is 5.32 Å². The molecule has 2 saturated heterocycles. The third-order valence-electron chi connectivity index (χ3n) is 4.26. The number of aryl methyl sites for hydroxylation is 1. The van der Waals surface area contributed by atoms with E-state index in [1.807, 2.05) is 22.0 Å². The molecule has 0 radical (unpaired) electrons. The van der Waals surface area contributed by atoms with Crippen LogP contribution in [0.4, 0.5) is 4.79 Å². The summed E-state index contributed by atoms with van der Waals surface area (Å²) in [6.07, 6.45) is 6.05. The first-order valence-electron chi connectivity index (χ1n) is 7.55. The summed E-state index contributed by atoms with van der Waals surface area (Å²) in [7, 11) is 0. The molecule has 0 unspecified atom stereocenters. The van der Waals surface area contributed by atoms with E-state index in [0.717, 1.165) is 51.1 Å². The predicted molar refractivity (Wildman–Crippen MR) is 76.3 cm³/mol. The molecule has 6 nitrogen and oxygen atoms in total. The molecule has 2 aliphatic heterocycles. The molecule has 2 amide bonds. The number of hydrogen-bond acceptors (Lipinski definition) is 3. The molecule has 2 aliphatic rings. The fraction of sp³-hybridized carbons (Fsp3) is 0.714. The maximum atomic E-state index is 12.5. The molecule has 0 atom stereocenters. The number of rotatable bonds is 4. The van der Waals surface area contributed by atoms with Crippen LogP contribution in [0.1, 0.15) is 25.3 Å². The molecular formula is C14H23N5O. The van der Waals surface area contributed by atoms with Crippen molar-refractivity contribution in [2.45, 2.75) is 38.9 Å². The lowest BCUT2D eigenvalue weighted by atomic mass is 10.1. The number of amides is 2. The molecule has 2 fully saturated rings. The standard InChI is InChI=1S/C14H23N5O/c1-2-18-11-12(9-16-18)10-17-7-8-19(14(17)20)13-3-5-15-6-4-13/h9,11,13,15H,2-8,10H2,1H3. The smallest absolute Gasteiger partial charge is 0.320 e. The number of piperidine rings is 1. The molecule has 1 N–H and O–H groups in total. The van der Waals surface area contributed by atoms with Crippen molar-refractivity contribution in [1.29, 1.82) is 0 Å². The molecule has 1 aromatic rings. The Kier molecular flexibility index (Phi) is 3.91. The van der Waals surface area contributed by atoms with Gasteiger partial charge in [-0.25, -0.2) is 4.79 Å². The van der Waals surface area contributed by atoms with Gasteiger partial charge in [0.2, 0.25) is 0 Å². The summed E-state index contributed by atoms with van der Waals surface area (Å²) in [6, 6.07) is 0.619. The topological polar surface area (TPSA) is 53.4 Å². The summed E-state index contributed by atoms with van der Waals surface area (Å²) in [5, 5.41) is 7.62. The molecule has 3 rings (SSSR count). The first kappa shape index (κ1) is 13.4. The van der Waals surface area contributed by atoms with Crippen LogP contribution in [0, 0.1) is 0 Å². The summed E-state index contributed by atoms with van der Waals surface area (Å²) in [6.45, 7) is 7.37. The number of carbonyl (C=O) groups excluding carboxylic acids is 1. The number of nitrogens with one attached hydrogen (secondary N) is 1. The first-order valence-corrected chi connectivity index (χ1v) is 7.55. The minimum absolute atomic E-state index is 0.196. The Labute approximate surface area is 119 Å². The van der Waals surface area contributed by atoms with Gasteiger partial charge in [-0.15, -0.1) is 0 Å². The van der Waals surface area contributed by atoms with Crippen LogP contribution in [-0.2, 0) is 13.1 Å². The predicted octanol–water partition coefficient (Wildman–Crippen LogP) is 0.893. The second-order valence-corrected chi connectivity index (χ2v) is 5.58. The van der Waals surface area contributed by atoms with E-state index < -0.39 is 0 Å². The average Bonchev–Trinajstić information content (AvgIpc) is 3.08. The highest BCUT2D eigenvalue weighted by molar-refractivity contribution is 5.76. The maximum absolute atomic E-state index is 12.5. The van der Waals surface area contributed by atoms with Crippen molar-refractivity contribution < 1.29 is 4.79 Å². The van der Waals surface area contributed by atoms with Crippen LogP contribution in [0.25, 0.3) is 0 Å². The molecule has 0 saturated carbocycles. The van der Waals surface area contributed by atoms with E-state index in [9.17, 15) is 4.79 Å². The molecular weight excluding hydrogens is 254 g/mol. The second kappa shape index (κ2) is 5.83. The molecule has 1 aromatic heterocycles. The molecule has 0 bridgehead atoms. The monoisotopic (exact) mass is 277 g/mol. The average molecular weight is 277 g/mol. The van der Waals surface area contributed by atoms with Crippen LogP contribution in [0.5, 0.6) is 0 Å².